The molecule has 0 radical (unpaired) electrons. The number of aromatic nitrogens is 3. The van der Waals surface area contributed by atoms with Crippen molar-refractivity contribution in [3.05, 3.63) is 63.7 Å². The van der Waals surface area contributed by atoms with Gasteiger partial charge in [0.05, 0.1) is 12.2 Å². The van der Waals surface area contributed by atoms with Crippen LogP contribution in [0.2, 0.25) is 0 Å². The zero-order valence-corrected chi connectivity index (χ0v) is 15.1. The third-order valence-corrected chi connectivity index (χ3v) is 5.75. The third kappa shape index (κ3) is 2.95. The summed E-state index contributed by atoms with van der Waals surface area (Å²) < 4.78 is 1.60. The van der Waals surface area contributed by atoms with Crippen LogP contribution >= 0.6 is 0 Å². The Morgan fingerprint density at radius 2 is 2.00 bits per heavy atom. The summed E-state index contributed by atoms with van der Waals surface area (Å²) in [7, 11) is 0. The second-order valence-electron chi connectivity index (χ2n) is 7.70. The number of aryl methyl sites for hydroxylation is 2. The largest absolute Gasteiger partial charge is 0.361 e. The molecule has 0 spiro atoms. The summed E-state index contributed by atoms with van der Waals surface area (Å²) in [4.78, 5) is 30.0. The van der Waals surface area contributed by atoms with Crippen molar-refractivity contribution in [2.45, 2.75) is 32.2 Å². The Labute approximate surface area is 156 Å². The van der Waals surface area contributed by atoms with Crippen molar-refractivity contribution in [3.63, 3.8) is 0 Å². The molecule has 5 rings (SSSR count). The average molecular weight is 362 g/mol. The van der Waals surface area contributed by atoms with Crippen LogP contribution < -0.4 is 5.56 Å². The third-order valence-electron chi connectivity index (χ3n) is 5.75. The fraction of sp³-hybridized carbons (Fsp3) is 0.381. The Kier molecular flexibility index (Phi) is 3.85. The molecule has 0 unspecified atom stereocenters. The molecule has 1 N–H and O–H groups in total. The molecule has 0 bridgehead atoms. The molecule has 3 heterocycles. The maximum atomic E-state index is 12.7. The minimum atomic E-state index is -0.0161. The van der Waals surface area contributed by atoms with E-state index in [0.29, 0.717) is 25.2 Å². The van der Waals surface area contributed by atoms with E-state index < -0.39 is 0 Å². The van der Waals surface area contributed by atoms with Crippen molar-refractivity contribution in [1.29, 1.82) is 0 Å². The fourth-order valence-corrected chi connectivity index (χ4v) is 4.19. The van der Waals surface area contributed by atoms with E-state index in [1.54, 1.807) is 10.7 Å². The molecule has 0 atom stereocenters. The van der Waals surface area contributed by atoms with E-state index in [1.165, 1.54) is 0 Å². The molecule has 6 heteroatoms. The van der Waals surface area contributed by atoms with Crippen LogP contribution in [0.1, 0.15) is 34.5 Å². The number of benzene rings is 1. The Bertz CT molecular complexity index is 1080. The van der Waals surface area contributed by atoms with Crippen LogP contribution in [0.4, 0.5) is 0 Å². The highest BCUT2D eigenvalue weighted by atomic mass is 16.2. The summed E-state index contributed by atoms with van der Waals surface area (Å²) in [6.45, 7) is 1.94. The molecule has 2 aromatic heterocycles. The first kappa shape index (κ1) is 16.3. The molecule has 1 saturated heterocycles. The maximum absolute atomic E-state index is 12.7. The van der Waals surface area contributed by atoms with Gasteiger partial charge in [0.2, 0.25) is 0 Å². The van der Waals surface area contributed by atoms with Crippen molar-refractivity contribution in [2.75, 3.05) is 13.1 Å². The summed E-state index contributed by atoms with van der Waals surface area (Å²) in [5, 5.41) is 5.69. The van der Waals surface area contributed by atoms with Gasteiger partial charge in [0, 0.05) is 42.4 Å². The van der Waals surface area contributed by atoms with Gasteiger partial charge in [-0.2, -0.15) is 5.10 Å². The summed E-state index contributed by atoms with van der Waals surface area (Å²) in [6, 6.07) is 9.50. The molecule has 1 amide bonds. The van der Waals surface area contributed by atoms with Crippen LogP contribution in [-0.2, 0) is 19.4 Å². The van der Waals surface area contributed by atoms with Gasteiger partial charge in [0.15, 0.2) is 0 Å². The van der Waals surface area contributed by atoms with Gasteiger partial charge in [-0.3, -0.25) is 9.59 Å². The minimum Gasteiger partial charge on any atom is -0.361 e. The number of likely N-dealkylation sites (tertiary alicyclic amines) is 1. The highest BCUT2D eigenvalue weighted by molar-refractivity contribution is 5.98. The molecule has 0 saturated carbocycles. The zero-order chi connectivity index (χ0) is 18.4. The second-order valence-corrected chi connectivity index (χ2v) is 7.70. The molecule has 1 aliphatic carbocycles. The second kappa shape index (κ2) is 6.37. The number of hydrogen-bond donors (Lipinski definition) is 1. The highest BCUT2D eigenvalue weighted by Gasteiger charge is 2.32. The standard InChI is InChI=1S/C21H22N4O2/c26-20-10-16-3-1-2-4-18(16)23-25(20)13-14-11-24(12-14)21(27)17-6-5-15-7-8-22-19(15)9-17/h5-10,14,22H,1-4,11-13H2. The van der Waals surface area contributed by atoms with Gasteiger partial charge in [-0.15, -0.1) is 0 Å². The molecule has 3 aromatic rings. The molecule has 27 heavy (non-hydrogen) atoms. The first-order chi connectivity index (χ1) is 13.2. The Hall–Kier alpha value is -2.89. The summed E-state index contributed by atoms with van der Waals surface area (Å²) in [6.07, 6.45) is 6.10. The lowest BCUT2D eigenvalue weighted by molar-refractivity contribution is 0.0458. The molecule has 2 aliphatic rings. The van der Waals surface area contributed by atoms with Crippen LogP contribution in [0, 0.1) is 5.92 Å². The number of nitrogens with zero attached hydrogens (tertiary/aromatic N) is 3. The van der Waals surface area contributed by atoms with Gasteiger partial charge < -0.3 is 9.88 Å². The Balaban J connectivity index is 1.25. The summed E-state index contributed by atoms with van der Waals surface area (Å²) in [5.74, 6) is 0.337. The SMILES string of the molecule is O=C(c1ccc2cc[nH]c2c1)N1CC(Cn2nc3c(cc2=O)CCCC3)C1. The van der Waals surface area contributed by atoms with E-state index in [9.17, 15) is 9.59 Å². The normalized spacial score (nSPS) is 17.0. The Morgan fingerprint density at radius 1 is 1.15 bits per heavy atom. The van der Waals surface area contributed by atoms with Gasteiger partial charge in [-0.25, -0.2) is 4.68 Å². The molecule has 1 aliphatic heterocycles. The maximum Gasteiger partial charge on any atom is 0.267 e. The molecular weight excluding hydrogens is 340 g/mol. The van der Waals surface area contributed by atoms with Crippen LogP contribution in [0.5, 0.6) is 0 Å². The number of hydrogen-bond acceptors (Lipinski definition) is 3. The van der Waals surface area contributed by atoms with Crippen LogP contribution in [-0.4, -0.2) is 38.7 Å². The van der Waals surface area contributed by atoms with Crippen molar-refractivity contribution in [3.8, 4) is 0 Å². The monoisotopic (exact) mass is 362 g/mol. The summed E-state index contributed by atoms with van der Waals surface area (Å²) >= 11 is 0. The predicted molar refractivity (Wildman–Crippen MR) is 103 cm³/mol. The van der Waals surface area contributed by atoms with Gasteiger partial charge in [-0.1, -0.05) is 6.07 Å². The number of H-pyrrole nitrogens is 1. The van der Waals surface area contributed by atoms with Crippen molar-refractivity contribution in [2.24, 2.45) is 5.92 Å². The van der Waals surface area contributed by atoms with E-state index in [2.05, 4.69) is 10.1 Å². The number of carbonyl (C=O) groups excluding carboxylic acids is 1. The zero-order valence-electron chi connectivity index (χ0n) is 15.1. The number of amides is 1. The number of rotatable bonds is 3. The van der Waals surface area contributed by atoms with E-state index in [-0.39, 0.29) is 17.4 Å². The van der Waals surface area contributed by atoms with Crippen LogP contribution in [0.25, 0.3) is 10.9 Å². The first-order valence-corrected chi connectivity index (χ1v) is 9.64. The minimum absolute atomic E-state index is 0.0161. The smallest absolute Gasteiger partial charge is 0.267 e. The first-order valence-electron chi connectivity index (χ1n) is 9.64. The number of aromatic amines is 1. The Morgan fingerprint density at radius 3 is 2.89 bits per heavy atom. The lowest BCUT2D eigenvalue weighted by Crippen LogP contribution is -2.52. The van der Waals surface area contributed by atoms with E-state index in [1.807, 2.05) is 35.4 Å². The van der Waals surface area contributed by atoms with E-state index in [0.717, 1.165) is 47.8 Å². The predicted octanol–water partition coefficient (Wildman–Crippen LogP) is 2.38. The quantitative estimate of drug-likeness (QED) is 0.778. The number of carbonyl (C=O) groups is 1. The molecule has 1 aromatic carbocycles. The van der Waals surface area contributed by atoms with Crippen LogP contribution in [0.15, 0.2) is 41.3 Å². The van der Waals surface area contributed by atoms with Gasteiger partial charge >= 0.3 is 0 Å². The summed E-state index contributed by atoms with van der Waals surface area (Å²) in [5.41, 5.74) is 3.85. The van der Waals surface area contributed by atoms with Crippen molar-refractivity contribution < 1.29 is 4.79 Å². The number of nitrogens with one attached hydrogen (secondary N) is 1. The number of fused-ring (bicyclic) bond motifs is 2. The highest BCUT2D eigenvalue weighted by Crippen LogP contribution is 2.23. The molecule has 6 nitrogen and oxygen atoms in total. The lowest BCUT2D eigenvalue weighted by Gasteiger charge is -2.39. The van der Waals surface area contributed by atoms with E-state index in [4.69, 9.17) is 0 Å². The van der Waals surface area contributed by atoms with Crippen LogP contribution in [0.3, 0.4) is 0 Å². The van der Waals surface area contributed by atoms with Gasteiger partial charge in [0.25, 0.3) is 11.5 Å². The topological polar surface area (TPSA) is 71.0 Å². The fourth-order valence-electron chi connectivity index (χ4n) is 4.19. The lowest BCUT2D eigenvalue weighted by atomic mass is 9.96. The average Bonchev–Trinajstić information content (AvgIpc) is 3.11. The molecule has 138 valence electrons. The van der Waals surface area contributed by atoms with Crippen molar-refractivity contribution in [1.82, 2.24) is 19.7 Å². The molecular formula is C21H22N4O2. The van der Waals surface area contributed by atoms with Gasteiger partial charge in [0.1, 0.15) is 0 Å². The molecule has 1 fully saturated rings. The van der Waals surface area contributed by atoms with Crippen molar-refractivity contribution >= 4 is 16.8 Å². The van der Waals surface area contributed by atoms with Gasteiger partial charge in [-0.05, 0) is 54.8 Å². The van der Waals surface area contributed by atoms with E-state index >= 15 is 0 Å².